The molecular formula is C48H39Cl2N15O13S4. The van der Waals surface area contributed by atoms with Gasteiger partial charge in [0, 0.05) is 50.5 Å². The molecule has 8 aromatic rings. The first kappa shape index (κ1) is 59.7. The van der Waals surface area contributed by atoms with Crippen LogP contribution in [-0.4, -0.2) is 111 Å². The Morgan fingerprint density at radius 1 is 0.610 bits per heavy atom. The second-order valence-electron chi connectivity index (χ2n) is 17.0. The van der Waals surface area contributed by atoms with E-state index >= 15 is 0 Å². The molecular weight excluding hydrogens is 1190 g/mol. The summed E-state index contributed by atoms with van der Waals surface area (Å²) in [6.07, 6.45) is -2.97. The molecule has 1 unspecified atom stereocenters. The monoisotopic (exact) mass is 1230 g/mol. The molecule has 3 aromatic heterocycles. The Hall–Kier alpha value is -8.45. The van der Waals surface area contributed by atoms with E-state index in [1.54, 1.807) is 24.3 Å². The topological polar surface area (TPSA) is 453 Å². The van der Waals surface area contributed by atoms with Crippen LogP contribution in [0.3, 0.4) is 0 Å². The highest BCUT2D eigenvalue weighted by atomic mass is 35.5. The van der Waals surface area contributed by atoms with Crippen LogP contribution in [-0.2, 0) is 30.4 Å². The SMILES string of the molecule is Cc1c(C#N)c(Nc2ccc(Cl)c(S(=O)(=O)O)c2)nc(Nc2ccc(Cl)cc2)c1N=Nc1sc(/N=N/c2cc(S(=O)(=O)O)c3cccc(S(=O)(=O)O)c3c2)c(-c2ccc(Nc3nc(NCC(O)O)nc(NCC(O)CO)n3)cc2)c1C#N. The minimum Gasteiger partial charge on any atom is -0.394 e. The number of aromatic nitrogens is 4. The summed E-state index contributed by atoms with van der Waals surface area (Å²) in [5.41, 5.74) is 0.597. The number of nitriles is 2. The predicted octanol–water partition coefficient (Wildman–Crippen LogP) is 8.80. The van der Waals surface area contributed by atoms with Crippen molar-refractivity contribution in [1.82, 2.24) is 19.9 Å². The zero-order valence-corrected chi connectivity index (χ0v) is 46.2. The molecule has 0 spiro atoms. The fraction of sp³-hybridized carbons (Fsp3) is 0.125. The number of halogens is 2. The summed E-state index contributed by atoms with van der Waals surface area (Å²) in [6.45, 7) is 0.372. The summed E-state index contributed by atoms with van der Waals surface area (Å²) in [7, 11) is -14.9. The average molecular weight is 1230 g/mol. The van der Waals surface area contributed by atoms with Crippen LogP contribution in [0.1, 0.15) is 16.7 Å². The molecule has 34 heteroatoms. The summed E-state index contributed by atoms with van der Waals surface area (Å²) in [5, 5.41) is 90.5. The van der Waals surface area contributed by atoms with Gasteiger partial charge in [0.25, 0.3) is 30.4 Å². The first-order valence-electron chi connectivity index (χ1n) is 23.0. The van der Waals surface area contributed by atoms with Gasteiger partial charge >= 0.3 is 0 Å². The van der Waals surface area contributed by atoms with Crippen LogP contribution in [0.4, 0.5) is 67.9 Å². The molecule has 28 nitrogen and oxygen atoms in total. The third-order valence-corrected chi connectivity index (χ3v) is 15.6. The second-order valence-corrected chi connectivity index (χ2v) is 22.9. The first-order chi connectivity index (χ1) is 38.8. The lowest BCUT2D eigenvalue weighted by atomic mass is 10.0. The molecule has 5 aromatic carbocycles. The molecule has 0 radical (unpaired) electrons. The van der Waals surface area contributed by atoms with Gasteiger partial charge in [0.1, 0.15) is 43.1 Å². The maximum Gasteiger partial charge on any atom is 0.296 e. The number of hydrogen-bond acceptors (Lipinski definition) is 26. The van der Waals surface area contributed by atoms with Gasteiger partial charge in [-0.05, 0) is 85.3 Å². The van der Waals surface area contributed by atoms with Crippen LogP contribution in [0, 0.1) is 29.6 Å². The molecule has 422 valence electrons. The van der Waals surface area contributed by atoms with Crippen LogP contribution in [0.5, 0.6) is 0 Å². The number of aliphatic hydroxyl groups excluding tert-OH is 3. The number of nitrogens with one attached hydrogen (secondary N) is 5. The minimum absolute atomic E-state index is 0.0414. The van der Waals surface area contributed by atoms with Gasteiger partial charge in [-0.15, -0.1) is 20.5 Å². The van der Waals surface area contributed by atoms with E-state index in [-0.39, 0.29) is 113 Å². The number of aliphatic hydroxyl groups is 4. The lowest BCUT2D eigenvalue weighted by Crippen LogP contribution is -2.25. The van der Waals surface area contributed by atoms with Gasteiger partial charge in [0.15, 0.2) is 22.9 Å². The third kappa shape index (κ3) is 14.2. The number of pyridine rings is 1. The number of azo groups is 2. The first-order valence-corrected chi connectivity index (χ1v) is 28.9. The van der Waals surface area contributed by atoms with E-state index in [0.29, 0.717) is 16.4 Å². The van der Waals surface area contributed by atoms with Crippen molar-refractivity contribution in [1.29, 1.82) is 10.5 Å². The van der Waals surface area contributed by atoms with E-state index in [0.717, 1.165) is 41.7 Å². The maximum atomic E-state index is 12.7. The Morgan fingerprint density at radius 2 is 1.20 bits per heavy atom. The lowest BCUT2D eigenvalue weighted by Gasteiger charge is -2.16. The second kappa shape index (κ2) is 24.7. The van der Waals surface area contributed by atoms with Crippen molar-refractivity contribution < 1.29 is 59.3 Å². The molecule has 3 heterocycles. The van der Waals surface area contributed by atoms with Crippen molar-refractivity contribution in [2.75, 3.05) is 46.3 Å². The molecule has 0 aliphatic rings. The molecule has 82 heavy (non-hydrogen) atoms. The molecule has 0 aliphatic carbocycles. The highest BCUT2D eigenvalue weighted by Gasteiger charge is 2.26. The van der Waals surface area contributed by atoms with Crippen molar-refractivity contribution in [3.8, 4) is 23.3 Å². The van der Waals surface area contributed by atoms with E-state index in [2.05, 4.69) is 73.0 Å². The molecule has 12 N–H and O–H groups in total. The molecule has 0 amide bonds. The van der Waals surface area contributed by atoms with Gasteiger partial charge in [0.2, 0.25) is 17.8 Å². The summed E-state index contributed by atoms with van der Waals surface area (Å²) in [6, 6.07) is 25.5. The number of thiophene rings is 1. The summed E-state index contributed by atoms with van der Waals surface area (Å²) in [4.78, 5) is 15.1. The number of nitrogens with zero attached hydrogens (tertiary/aromatic N) is 10. The van der Waals surface area contributed by atoms with Crippen molar-refractivity contribution >= 4 is 144 Å². The largest absolute Gasteiger partial charge is 0.394 e. The zero-order valence-electron chi connectivity index (χ0n) is 41.5. The number of hydrogen-bond donors (Lipinski definition) is 12. The van der Waals surface area contributed by atoms with Crippen molar-refractivity contribution in [2.24, 2.45) is 20.5 Å². The van der Waals surface area contributed by atoms with Crippen molar-refractivity contribution in [2.45, 2.75) is 34.0 Å². The normalized spacial score (nSPS) is 12.4. The van der Waals surface area contributed by atoms with E-state index in [9.17, 15) is 69.9 Å². The quantitative estimate of drug-likeness (QED) is 0.0181. The number of rotatable bonds is 21. The highest BCUT2D eigenvalue weighted by Crippen LogP contribution is 2.49. The van der Waals surface area contributed by atoms with Crippen LogP contribution >= 0.6 is 34.5 Å². The number of fused-ring (bicyclic) bond motifs is 1. The summed E-state index contributed by atoms with van der Waals surface area (Å²) in [5.74, 6) is -0.448. The van der Waals surface area contributed by atoms with Crippen LogP contribution in [0.2, 0.25) is 10.0 Å². The van der Waals surface area contributed by atoms with E-state index in [4.69, 9.17) is 23.2 Å². The number of anilines is 8. The predicted molar refractivity (Wildman–Crippen MR) is 301 cm³/mol. The van der Waals surface area contributed by atoms with Gasteiger partial charge < -0.3 is 47.0 Å². The van der Waals surface area contributed by atoms with Gasteiger partial charge in [-0.1, -0.05) is 58.8 Å². The molecule has 0 saturated heterocycles. The van der Waals surface area contributed by atoms with E-state index < -0.39 is 64.0 Å². The Bertz CT molecular complexity index is 4300. The van der Waals surface area contributed by atoms with Crippen LogP contribution in [0.25, 0.3) is 21.9 Å². The molecule has 0 fully saturated rings. The summed E-state index contributed by atoms with van der Waals surface area (Å²) < 4.78 is 105. The number of benzene rings is 5. The van der Waals surface area contributed by atoms with Crippen LogP contribution < -0.4 is 26.6 Å². The molecule has 0 aliphatic heterocycles. The standard InChI is InChI=1S/C48H39Cl2N15O13S4/c1-23-33(18-51)42(56-28-13-14-35(50)38(16-28)82(76,77)78)58-43(55-26-11-7-25(49)8-12-26)41(23)63-64-44-34(19-52)40(45(79-44)65-62-29-15-32-31(37(17-29)81(73,74)75)3-2-4-36(32)80(70,71)72)24-5-9-27(10-6-24)57-48-60-46(53-20-30(67)22-66)59-47(61-48)54-21-39(68)69/h2-17,30,39,66-69H,20-22H2,1H3,(H2,55,56,58)(H,70,71,72)(H,73,74,75)(H,76,77,78)(H3,53,54,57,59,60,61)/b64-63?,65-62+. The Morgan fingerprint density at radius 3 is 1.82 bits per heavy atom. The minimum atomic E-state index is -5.08. The highest BCUT2D eigenvalue weighted by molar-refractivity contribution is 7.86. The fourth-order valence-corrected chi connectivity index (χ4v) is 11.0. The van der Waals surface area contributed by atoms with Gasteiger partial charge in [0.05, 0.1) is 35.5 Å². The third-order valence-electron chi connectivity index (χ3n) is 11.3. The smallest absolute Gasteiger partial charge is 0.296 e. The lowest BCUT2D eigenvalue weighted by molar-refractivity contribution is -0.0277. The van der Waals surface area contributed by atoms with E-state index in [1.807, 2.05) is 6.07 Å². The van der Waals surface area contributed by atoms with Crippen molar-refractivity contribution in [3.05, 3.63) is 124 Å². The fourth-order valence-electron chi connectivity index (χ4n) is 7.54. The van der Waals surface area contributed by atoms with Gasteiger partial charge in [-0.2, -0.15) is 50.7 Å². The molecule has 0 saturated carbocycles. The van der Waals surface area contributed by atoms with E-state index in [1.165, 1.54) is 49.4 Å². The summed E-state index contributed by atoms with van der Waals surface area (Å²) >= 11 is 13.0. The zero-order chi connectivity index (χ0) is 59.3. The molecule has 8 rings (SSSR count). The Labute approximate surface area is 478 Å². The van der Waals surface area contributed by atoms with Crippen molar-refractivity contribution in [3.63, 3.8) is 0 Å². The van der Waals surface area contributed by atoms with Gasteiger partial charge in [-0.25, -0.2) is 4.98 Å². The van der Waals surface area contributed by atoms with Crippen LogP contribution in [0.15, 0.2) is 132 Å². The maximum absolute atomic E-state index is 12.7. The Balaban J connectivity index is 1.27. The molecule has 0 bridgehead atoms. The van der Waals surface area contributed by atoms with Gasteiger partial charge in [-0.3, -0.25) is 13.7 Å². The average Bonchev–Trinajstić information content (AvgIpc) is 3.62. The Kier molecular flexibility index (Phi) is 18.0. The molecule has 1 atom stereocenters.